The number of alkyl halides is 7. The van der Waals surface area contributed by atoms with Crippen LogP contribution < -0.4 is 0 Å². The summed E-state index contributed by atoms with van der Waals surface area (Å²) >= 11 is 0. The highest BCUT2D eigenvalue weighted by Crippen LogP contribution is 2.29. The molecule has 0 aliphatic rings. The van der Waals surface area contributed by atoms with Crippen LogP contribution in [0.5, 0.6) is 0 Å². The van der Waals surface area contributed by atoms with E-state index < -0.39 is 57.7 Å². The number of rotatable bonds is 7. The first kappa shape index (κ1) is 23.1. The van der Waals surface area contributed by atoms with Gasteiger partial charge in [-0.05, 0) is 6.92 Å². The number of halogens is 7. The molecule has 0 rings (SSSR count). The van der Waals surface area contributed by atoms with Crippen molar-refractivity contribution in [2.24, 2.45) is 0 Å². The molecule has 1 N–H and O–H groups in total. The molecule has 1 atom stereocenters. The molecule has 0 saturated carbocycles. The van der Waals surface area contributed by atoms with Crippen molar-refractivity contribution < 1.29 is 62.8 Å². The molecule has 146 valence electrons. The molecule has 0 aliphatic heterocycles. The van der Waals surface area contributed by atoms with Crippen LogP contribution in [0.3, 0.4) is 0 Å². The van der Waals surface area contributed by atoms with Crippen molar-refractivity contribution >= 4 is 22.1 Å². The molecule has 0 fully saturated rings. The van der Waals surface area contributed by atoms with Gasteiger partial charge < -0.3 is 9.47 Å². The van der Waals surface area contributed by atoms with Crippen LogP contribution in [0.1, 0.15) is 6.92 Å². The Morgan fingerprint density at radius 1 is 1.12 bits per heavy atom. The van der Waals surface area contributed by atoms with Gasteiger partial charge in [0.2, 0.25) is 0 Å². The number of carbonyl (C=O) groups excluding carboxylic acids is 2. The first-order chi connectivity index (χ1) is 10.8. The van der Waals surface area contributed by atoms with Gasteiger partial charge in [0.25, 0.3) is 0 Å². The molecule has 25 heavy (non-hydrogen) atoms. The summed E-state index contributed by atoms with van der Waals surface area (Å²) in [6.07, 6.45) is -8.23. The van der Waals surface area contributed by atoms with E-state index in [4.69, 9.17) is 4.55 Å². The van der Waals surface area contributed by atoms with Crippen molar-refractivity contribution in [1.82, 2.24) is 0 Å². The second kappa shape index (κ2) is 7.15. The Hall–Kier alpha value is -1.90. The SMILES string of the molecule is C=C(C(=O)OC(C)C(F)(F)C(=O)OCC(F)(F)S(=O)(=O)O)C(F)(F)F. The summed E-state index contributed by atoms with van der Waals surface area (Å²) in [5.74, 6) is -10.1. The highest BCUT2D eigenvalue weighted by Gasteiger charge is 2.53. The zero-order chi connectivity index (χ0) is 20.4. The van der Waals surface area contributed by atoms with E-state index in [2.05, 4.69) is 16.1 Å². The Bertz CT molecular complexity index is 653. The van der Waals surface area contributed by atoms with E-state index in [1.165, 1.54) is 0 Å². The molecule has 0 aromatic heterocycles. The zero-order valence-electron chi connectivity index (χ0n) is 11.9. The van der Waals surface area contributed by atoms with Crippen LogP contribution in [0.4, 0.5) is 30.7 Å². The average molecular weight is 406 g/mol. The lowest BCUT2D eigenvalue weighted by molar-refractivity contribution is -0.200. The number of hydrogen-bond acceptors (Lipinski definition) is 6. The Balaban J connectivity index is 5.03. The lowest BCUT2D eigenvalue weighted by Crippen LogP contribution is -2.46. The van der Waals surface area contributed by atoms with Crippen molar-refractivity contribution in [2.45, 2.75) is 30.4 Å². The van der Waals surface area contributed by atoms with Crippen LogP contribution in [-0.4, -0.2) is 55.0 Å². The van der Waals surface area contributed by atoms with Crippen molar-refractivity contribution in [3.05, 3.63) is 12.2 Å². The van der Waals surface area contributed by atoms with Gasteiger partial charge in [0, 0.05) is 0 Å². The third-order valence-corrected chi connectivity index (χ3v) is 3.28. The van der Waals surface area contributed by atoms with E-state index >= 15 is 0 Å². The summed E-state index contributed by atoms with van der Waals surface area (Å²) in [5, 5.41) is -5.12. The molecular weight excluding hydrogens is 397 g/mol. The summed E-state index contributed by atoms with van der Waals surface area (Å²) in [4.78, 5) is 22.0. The van der Waals surface area contributed by atoms with Crippen molar-refractivity contribution in [3.63, 3.8) is 0 Å². The van der Waals surface area contributed by atoms with E-state index in [1.54, 1.807) is 0 Å². The predicted octanol–water partition coefficient (Wildman–Crippen LogP) is 1.70. The third kappa shape index (κ3) is 5.84. The molecule has 7 nitrogen and oxygen atoms in total. The van der Waals surface area contributed by atoms with Crippen LogP contribution in [0.25, 0.3) is 0 Å². The van der Waals surface area contributed by atoms with Gasteiger partial charge in [0.1, 0.15) is 5.57 Å². The van der Waals surface area contributed by atoms with E-state index in [-0.39, 0.29) is 6.92 Å². The van der Waals surface area contributed by atoms with Gasteiger partial charge in [-0.3, -0.25) is 4.55 Å². The molecule has 0 bridgehead atoms. The van der Waals surface area contributed by atoms with Gasteiger partial charge in [-0.1, -0.05) is 6.58 Å². The summed E-state index contributed by atoms with van der Waals surface area (Å²) in [6, 6.07) is 0. The maximum absolute atomic E-state index is 13.5. The molecular formula is C10H9F7O7S. The van der Waals surface area contributed by atoms with E-state index in [0.29, 0.717) is 0 Å². The Morgan fingerprint density at radius 3 is 1.92 bits per heavy atom. The lowest BCUT2D eigenvalue weighted by atomic mass is 10.2. The maximum Gasteiger partial charge on any atom is 0.422 e. The second-order valence-corrected chi connectivity index (χ2v) is 5.88. The number of carbonyl (C=O) groups is 2. The van der Waals surface area contributed by atoms with Crippen LogP contribution in [0.15, 0.2) is 12.2 Å². The minimum atomic E-state index is -6.09. The first-order valence-corrected chi connectivity index (χ1v) is 7.15. The fourth-order valence-electron chi connectivity index (χ4n) is 0.908. The van der Waals surface area contributed by atoms with Crippen LogP contribution in [0.2, 0.25) is 0 Å². The number of esters is 2. The molecule has 0 amide bonds. The van der Waals surface area contributed by atoms with Gasteiger partial charge in [0.05, 0.1) is 0 Å². The summed E-state index contributed by atoms with van der Waals surface area (Å²) < 4.78 is 124. The lowest BCUT2D eigenvalue weighted by Gasteiger charge is -2.23. The zero-order valence-corrected chi connectivity index (χ0v) is 12.8. The van der Waals surface area contributed by atoms with E-state index in [1.807, 2.05) is 0 Å². The smallest absolute Gasteiger partial charge is 0.422 e. The topological polar surface area (TPSA) is 107 Å². The normalized spacial score (nSPS) is 14.6. The third-order valence-electron chi connectivity index (χ3n) is 2.40. The molecule has 0 radical (unpaired) electrons. The van der Waals surface area contributed by atoms with Crippen molar-refractivity contribution in [2.75, 3.05) is 6.61 Å². The molecule has 0 aromatic rings. The van der Waals surface area contributed by atoms with Crippen LogP contribution >= 0.6 is 0 Å². The highest BCUT2D eigenvalue weighted by atomic mass is 32.2. The minimum absolute atomic E-state index is 0.240. The summed E-state index contributed by atoms with van der Waals surface area (Å²) in [7, 11) is -6.09. The molecule has 15 heteroatoms. The average Bonchev–Trinajstić information content (AvgIpc) is 2.41. The van der Waals surface area contributed by atoms with E-state index in [0.717, 1.165) is 0 Å². The first-order valence-electron chi connectivity index (χ1n) is 5.71. The fourth-order valence-corrected chi connectivity index (χ4v) is 1.12. The number of ether oxygens (including phenoxy) is 2. The molecule has 1 unspecified atom stereocenters. The maximum atomic E-state index is 13.5. The van der Waals surface area contributed by atoms with Gasteiger partial charge in [0.15, 0.2) is 12.7 Å². The fraction of sp³-hybridized carbons (Fsp3) is 0.600. The van der Waals surface area contributed by atoms with Gasteiger partial charge >= 0.3 is 39.4 Å². The van der Waals surface area contributed by atoms with Crippen LogP contribution in [0, 0.1) is 0 Å². The second-order valence-electron chi connectivity index (χ2n) is 4.34. The Kier molecular flexibility index (Phi) is 6.61. The summed E-state index contributed by atoms with van der Waals surface area (Å²) in [6.45, 7) is -0.0306. The van der Waals surface area contributed by atoms with Crippen LogP contribution in [-0.2, 0) is 29.2 Å². The Labute approximate surface area is 135 Å². The monoisotopic (exact) mass is 406 g/mol. The summed E-state index contributed by atoms with van der Waals surface area (Å²) in [5.41, 5.74) is -2.18. The largest absolute Gasteiger partial charge is 0.453 e. The standard InChI is InChI=1S/C10H9F7O7S/c1-4(10(15,16)17)6(18)24-5(2)9(13,14)7(19)23-3-8(11,12)25(20,21)22/h5H,1,3H2,2H3,(H,20,21,22). The molecule has 0 heterocycles. The van der Waals surface area contributed by atoms with Crippen molar-refractivity contribution in [1.29, 1.82) is 0 Å². The number of hydrogen-bond donors (Lipinski definition) is 1. The predicted molar refractivity (Wildman–Crippen MR) is 63.2 cm³/mol. The molecule has 0 spiro atoms. The van der Waals surface area contributed by atoms with E-state index in [9.17, 15) is 48.7 Å². The minimum Gasteiger partial charge on any atom is -0.453 e. The Morgan fingerprint density at radius 2 is 1.56 bits per heavy atom. The molecule has 0 aliphatic carbocycles. The molecule has 0 aromatic carbocycles. The van der Waals surface area contributed by atoms with Crippen molar-refractivity contribution in [3.8, 4) is 0 Å². The van der Waals surface area contributed by atoms with Gasteiger partial charge in [-0.2, -0.15) is 39.2 Å². The highest BCUT2D eigenvalue weighted by molar-refractivity contribution is 7.86. The van der Waals surface area contributed by atoms with Gasteiger partial charge in [-0.25, -0.2) is 9.59 Å². The quantitative estimate of drug-likeness (QED) is 0.297. The van der Waals surface area contributed by atoms with Gasteiger partial charge in [-0.15, -0.1) is 0 Å². The molecule has 0 saturated heterocycles.